The van der Waals surface area contributed by atoms with Crippen molar-refractivity contribution >= 4 is 33.2 Å². The third kappa shape index (κ3) is 4.91. The Labute approximate surface area is 153 Å². The Morgan fingerprint density at radius 3 is 2.62 bits per heavy atom. The van der Waals surface area contributed by atoms with E-state index in [4.69, 9.17) is 11.6 Å². The molecule has 11 heteroatoms. The Hall–Kier alpha value is -2.69. The Kier molecular flexibility index (Phi) is 6.14. The predicted octanol–water partition coefficient (Wildman–Crippen LogP) is 1.66. The lowest BCUT2D eigenvalue weighted by Crippen LogP contribution is -2.34. The fourth-order valence-electron chi connectivity index (χ4n) is 1.99. The third-order valence-electron chi connectivity index (χ3n) is 3.24. The summed E-state index contributed by atoms with van der Waals surface area (Å²) in [6.45, 7) is -0.225. The minimum Gasteiger partial charge on any atom is -0.507 e. The number of nitro groups is 1. The van der Waals surface area contributed by atoms with Gasteiger partial charge in [0.15, 0.2) is 0 Å². The van der Waals surface area contributed by atoms with E-state index in [0.717, 1.165) is 6.07 Å². The number of phenolic OH excluding ortho intramolecular Hbond substituents is 1. The molecular weight excluding hydrogens is 386 g/mol. The average molecular weight is 400 g/mol. The van der Waals surface area contributed by atoms with Crippen molar-refractivity contribution in [3.63, 3.8) is 0 Å². The Morgan fingerprint density at radius 1 is 1.19 bits per heavy atom. The molecule has 2 rings (SSSR count). The van der Waals surface area contributed by atoms with Crippen molar-refractivity contribution in [1.82, 2.24) is 10.0 Å². The number of non-ortho nitro benzene ring substituents is 1. The largest absolute Gasteiger partial charge is 0.507 e. The van der Waals surface area contributed by atoms with Gasteiger partial charge < -0.3 is 10.4 Å². The van der Waals surface area contributed by atoms with Crippen LogP contribution in [-0.4, -0.2) is 37.4 Å². The molecule has 0 aromatic heterocycles. The Balaban J connectivity index is 1.94. The van der Waals surface area contributed by atoms with Gasteiger partial charge in [0.25, 0.3) is 11.6 Å². The minimum absolute atomic E-state index is 0.0426. The molecule has 0 saturated carbocycles. The Bertz CT molecular complexity index is 948. The van der Waals surface area contributed by atoms with Crippen molar-refractivity contribution in [2.45, 2.75) is 4.90 Å². The highest BCUT2D eigenvalue weighted by Crippen LogP contribution is 2.21. The van der Waals surface area contributed by atoms with E-state index in [9.17, 15) is 28.4 Å². The van der Waals surface area contributed by atoms with Crippen molar-refractivity contribution < 1.29 is 23.2 Å². The molecule has 138 valence electrons. The molecule has 0 saturated heterocycles. The number of rotatable bonds is 7. The number of benzene rings is 2. The number of phenols is 1. The first-order valence-electron chi connectivity index (χ1n) is 7.21. The van der Waals surface area contributed by atoms with Gasteiger partial charge in [-0.25, -0.2) is 13.1 Å². The van der Waals surface area contributed by atoms with Crippen LogP contribution in [0, 0.1) is 10.1 Å². The van der Waals surface area contributed by atoms with Gasteiger partial charge in [-0.15, -0.1) is 0 Å². The number of nitrogens with one attached hydrogen (secondary N) is 2. The molecule has 0 aliphatic carbocycles. The van der Waals surface area contributed by atoms with Crippen molar-refractivity contribution in [1.29, 1.82) is 0 Å². The maximum atomic E-state index is 12.1. The van der Waals surface area contributed by atoms with E-state index in [1.807, 2.05) is 0 Å². The molecule has 0 bridgehead atoms. The lowest BCUT2D eigenvalue weighted by atomic mass is 10.2. The number of amides is 1. The van der Waals surface area contributed by atoms with Gasteiger partial charge in [0, 0.05) is 30.2 Å². The highest BCUT2D eigenvalue weighted by Gasteiger charge is 2.17. The molecule has 0 spiro atoms. The van der Waals surface area contributed by atoms with Crippen LogP contribution in [0.4, 0.5) is 5.69 Å². The van der Waals surface area contributed by atoms with Crippen molar-refractivity contribution in [2.24, 2.45) is 0 Å². The van der Waals surface area contributed by atoms with Crippen LogP contribution >= 0.6 is 11.6 Å². The number of hydrogen-bond acceptors (Lipinski definition) is 6. The first kappa shape index (κ1) is 19.6. The SMILES string of the molecule is O=C(NCCNS(=O)(=O)c1cccc([N+](=O)[O-])c1)c1cc(Cl)ccc1O. The first-order valence-corrected chi connectivity index (χ1v) is 9.07. The number of halogens is 1. The molecule has 0 fully saturated rings. The minimum atomic E-state index is -3.97. The molecule has 0 aliphatic heterocycles. The summed E-state index contributed by atoms with van der Waals surface area (Å²) in [6.07, 6.45) is 0. The summed E-state index contributed by atoms with van der Waals surface area (Å²) < 4.78 is 26.5. The smallest absolute Gasteiger partial charge is 0.270 e. The lowest BCUT2D eigenvalue weighted by molar-refractivity contribution is -0.385. The quantitative estimate of drug-likeness (QED) is 0.367. The summed E-state index contributed by atoms with van der Waals surface area (Å²) in [5.41, 5.74) is -0.392. The molecule has 3 N–H and O–H groups in total. The highest BCUT2D eigenvalue weighted by molar-refractivity contribution is 7.89. The monoisotopic (exact) mass is 399 g/mol. The van der Waals surface area contributed by atoms with Crippen LogP contribution in [0.5, 0.6) is 5.75 Å². The molecule has 2 aromatic rings. The standard InChI is InChI=1S/C15H14ClN3O6S/c16-10-4-5-14(20)13(8-10)15(21)17-6-7-18-26(24,25)12-3-1-2-11(9-12)19(22)23/h1-5,8-9,18,20H,6-7H2,(H,17,21). The highest BCUT2D eigenvalue weighted by atomic mass is 35.5. The van der Waals surface area contributed by atoms with Crippen LogP contribution in [0.1, 0.15) is 10.4 Å². The van der Waals surface area contributed by atoms with E-state index in [1.165, 1.54) is 36.4 Å². The van der Waals surface area contributed by atoms with E-state index in [-0.39, 0.29) is 40.0 Å². The molecule has 9 nitrogen and oxygen atoms in total. The second-order valence-corrected chi connectivity index (χ2v) is 7.27. The fourth-order valence-corrected chi connectivity index (χ4v) is 3.24. The summed E-state index contributed by atoms with van der Waals surface area (Å²) in [5, 5.41) is 23.0. The van der Waals surface area contributed by atoms with Crippen LogP contribution in [0.3, 0.4) is 0 Å². The number of aromatic hydroxyl groups is 1. The number of carbonyl (C=O) groups excluding carboxylic acids is 1. The predicted molar refractivity (Wildman–Crippen MR) is 93.7 cm³/mol. The second-order valence-electron chi connectivity index (χ2n) is 5.07. The van der Waals surface area contributed by atoms with E-state index in [0.29, 0.717) is 0 Å². The van der Waals surface area contributed by atoms with Crippen LogP contribution < -0.4 is 10.0 Å². The summed E-state index contributed by atoms with van der Waals surface area (Å²) >= 11 is 5.75. The van der Waals surface area contributed by atoms with Gasteiger partial charge in [0.1, 0.15) is 5.75 Å². The number of nitro benzene ring substituents is 1. The van der Waals surface area contributed by atoms with Crippen molar-refractivity contribution in [3.05, 3.63) is 63.2 Å². The Morgan fingerprint density at radius 2 is 1.92 bits per heavy atom. The third-order valence-corrected chi connectivity index (χ3v) is 4.94. The first-order chi connectivity index (χ1) is 12.2. The van der Waals surface area contributed by atoms with Gasteiger partial charge in [-0.2, -0.15) is 0 Å². The number of nitrogens with zero attached hydrogens (tertiary/aromatic N) is 1. The summed E-state index contributed by atoms with van der Waals surface area (Å²) in [6, 6.07) is 8.55. The number of carbonyl (C=O) groups is 1. The van der Waals surface area contributed by atoms with E-state index < -0.39 is 20.9 Å². The lowest BCUT2D eigenvalue weighted by Gasteiger charge is -2.09. The average Bonchev–Trinajstić information content (AvgIpc) is 2.60. The van der Waals surface area contributed by atoms with Gasteiger partial charge in [0.05, 0.1) is 15.4 Å². The van der Waals surface area contributed by atoms with E-state index in [2.05, 4.69) is 10.0 Å². The molecule has 26 heavy (non-hydrogen) atoms. The molecule has 0 radical (unpaired) electrons. The van der Waals surface area contributed by atoms with E-state index in [1.54, 1.807) is 0 Å². The number of hydrogen-bond donors (Lipinski definition) is 3. The maximum Gasteiger partial charge on any atom is 0.270 e. The summed E-state index contributed by atoms with van der Waals surface area (Å²) in [4.78, 5) is 21.7. The van der Waals surface area contributed by atoms with E-state index >= 15 is 0 Å². The molecule has 0 aliphatic rings. The van der Waals surface area contributed by atoms with Gasteiger partial charge in [-0.3, -0.25) is 14.9 Å². The summed E-state index contributed by atoms with van der Waals surface area (Å²) in [5.74, 6) is -0.886. The van der Waals surface area contributed by atoms with Gasteiger partial charge in [-0.1, -0.05) is 17.7 Å². The summed E-state index contributed by atoms with van der Waals surface area (Å²) in [7, 11) is -3.97. The van der Waals surface area contributed by atoms with Crippen LogP contribution in [-0.2, 0) is 10.0 Å². The molecule has 0 heterocycles. The maximum absolute atomic E-state index is 12.1. The fraction of sp³-hybridized carbons (Fsp3) is 0.133. The van der Waals surface area contributed by atoms with Crippen molar-refractivity contribution in [3.8, 4) is 5.75 Å². The molecular formula is C15H14ClN3O6S. The molecule has 2 aromatic carbocycles. The zero-order chi connectivity index (χ0) is 19.3. The normalized spacial score (nSPS) is 11.1. The van der Waals surface area contributed by atoms with Gasteiger partial charge >= 0.3 is 0 Å². The molecule has 0 atom stereocenters. The number of sulfonamides is 1. The second kappa shape index (κ2) is 8.13. The van der Waals surface area contributed by atoms with Crippen LogP contribution in [0.2, 0.25) is 5.02 Å². The van der Waals surface area contributed by atoms with Crippen LogP contribution in [0.25, 0.3) is 0 Å². The van der Waals surface area contributed by atoms with Crippen molar-refractivity contribution in [2.75, 3.05) is 13.1 Å². The topological polar surface area (TPSA) is 139 Å². The zero-order valence-corrected chi connectivity index (χ0v) is 14.7. The van der Waals surface area contributed by atoms with Gasteiger partial charge in [-0.05, 0) is 24.3 Å². The zero-order valence-electron chi connectivity index (χ0n) is 13.2. The molecule has 0 unspecified atom stereocenters. The molecule has 1 amide bonds. The van der Waals surface area contributed by atoms with Gasteiger partial charge in [0.2, 0.25) is 10.0 Å². The van der Waals surface area contributed by atoms with Crippen LogP contribution in [0.15, 0.2) is 47.4 Å².